The Morgan fingerprint density at radius 1 is 1.03 bits per heavy atom. The third-order valence-electron chi connectivity index (χ3n) is 12.9. The van der Waals surface area contributed by atoms with Gasteiger partial charge in [0, 0.05) is 65.3 Å². The van der Waals surface area contributed by atoms with Gasteiger partial charge in [0.05, 0.1) is 53.6 Å². The summed E-state index contributed by atoms with van der Waals surface area (Å²) in [5.41, 5.74) is 4.98. The molecule has 9 rings (SSSR count). The van der Waals surface area contributed by atoms with Crippen LogP contribution in [0.3, 0.4) is 0 Å². The van der Waals surface area contributed by atoms with Crippen LogP contribution in [-0.4, -0.2) is 76.0 Å². The summed E-state index contributed by atoms with van der Waals surface area (Å²) < 4.78 is 29.0. The largest absolute Gasteiger partial charge is 0.496 e. The highest BCUT2D eigenvalue weighted by molar-refractivity contribution is 6.36. The summed E-state index contributed by atoms with van der Waals surface area (Å²) in [7, 11) is 5.22. The Balaban J connectivity index is 1.02. The summed E-state index contributed by atoms with van der Waals surface area (Å²) in [5.74, 6) is -0.149. The van der Waals surface area contributed by atoms with Crippen LogP contribution in [0, 0.1) is 11.2 Å². The first kappa shape index (κ1) is 40.0. The molecule has 3 aromatic carbocycles. The number of fused-ring (bicyclic) bond motifs is 4. The zero-order valence-corrected chi connectivity index (χ0v) is 34.4. The molecule has 5 aromatic rings. The van der Waals surface area contributed by atoms with Gasteiger partial charge in [-0.3, -0.25) is 19.2 Å². The molecule has 0 unspecified atom stereocenters. The summed E-state index contributed by atoms with van der Waals surface area (Å²) in [6.45, 7) is 1.65. The molecule has 2 aromatic heterocycles. The smallest absolute Gasteiger partial charge is 0.309 e. The molecule has 4 aliphatic rings. The predicted molar refractivity (Wildman–Crippen MR) is 222 cm³/mol. The average molecular weight is 830 g/mol. The van der Waals surface area contributed by atoms with Crippen LogP contribution in [0.25, 0.3) is 33.2 Å². The number of carboxylic acid groups (broad SMARTS) is 1. The Bertz CT molecular complexity index is 2380. The van der Waals surface area contributed by atoms with Crippen LogP contribution in [-0.2, 0) is 29.2 Å². The molecule has 1 aliphatic heterocycles. The maximum absolute atomic E-state index is 15.7. The molecular weight excluding hydrogens is 782 g/mol. The van der Waals surface area contributed by atoms with Gasteiger partial charge in [-0.25, -0.2) is 9.37 Å². The molecule has 2 bridgehead atoms. The Morgan fingerprint density at radius 2 is 1.76 bits per heavy atom. The summed E-state index contributed by atoms with van der Waals surface area (Å²) in [5, 5.41) is 22.6. The third kappa shape index (κ3) is 7.40. The minimum absolute atomic E-state index is 0.0293. The van der Waals surface area contributed by atoms with Crippen molar-refractivity contribution < 1.29 is 28.6 Å². The lowest BCUT2D eigenvalue weighted by molar-refractivity contribution is -0.160. The molecule has 14 heteroatoms. The monoisotopic (exact) mass is 828 g/mol. The van der Waals surface area contributed by atoms with E-state index in [1.54, 1.807) is 19.4 Å². The van der Waals surface area contributed by atoms with Crippen molar-refractivity contribution in [3.63, 3.8) is 0 Å². The number of aromatic nitrogens is 3. The van der Waals surface area contributed by atoms with Crippen molar-refractivity contribution in [2.24, 2.45) is 5.41 Å². The van der Waals surface area contributed by atoms with Gasteiger partial charge in [-0.15, -0.1) is 0 Å². The molecule has 3 heterocycles. The molecule has 304 valence electrons. The highest BCUT2D eigenvalue weighted by atomic mass is 35.5. The lowest BCUT2D eigenvalue weighted by Gasteiger charge is -2.55. The minimum atomic E-state index is -0.661. The van der Waals surface area contributed by atoms with Crippen LogP contribution in [0.4, 0.5) is 4.39 Å². The van der Waals surface area contributed by atoms with Crippen LogP contribution in [0.15, 0.2) is 60.8 Å². The van der Waals surface area contributed by atoms with Gasteiger partial charge < -0.3 is 25.2 Å². The highest BCUT2D eigenvalue weighted by Gasteiger charge is 2.54. The van der Waals surface area contributed by atoms with Crippen molar-refractivity contribution in [1.82, 2.24) is 30.3 Å². The molecule has 1 saturated heterocycles. The van der Waals surface area contributed by atoms with Crippen molar-refractivity contribution in [3.8, 4) is 33.9 Å². The molecule has 3 aliphatic carbocycles. The quantitative estimate of drug-likeness (QED) is 0.101. The van der Waals surface area contributed by atoms with Gasteiger partial charge >= 0.3 is 5.97 Å². The van der Waals surface area contributed by atoms with Gasteiger partial charge in [0.15, 0.2) is 0 Å². The number of benzene rings is 3. The van der Waals surface area contributed by atoms with Crippen molar-refractivity contribution in [2.75, 3.05) is 27.8 Å². The van der Waals surface area contributed by atoms with E-state index in [0.29, 0.717) is 89.4 Å². The number of hydrogen-bond donors (Lipinski definition) is 3. The maximum atomic E-state index is 15.7. The van der Waals surface area contributed by atoms with Gasteiger partial charge in [-0.05, 0) is 87.4 Å². The van der Waals surface area contributed by atoms with E-state index in [-0.39, 0.29) is 24.0 Å². The molecule has 3 N–H and O–H groups in total. The minimum Gasteiger partial charge on any atom is -0.496 e. The fourth-order valence-electron chi connectivity index (χ4n) is 9.32. The van der Waals surface area contributed by atoms with E-state index in [9.17, 15) is 14.7 Å². The first-order chi connectivity index (χ1) is 27.9. The van der Waals surface area contributed by atoms with E-state index in [0.717, 1.165) is 53.3 Å². The fraction of sp³-hybridized carbons (Fsp3) is 0.409. The number of hydrogen-bond acceptors (Lipinski definition) is 8. The highest BCUT2D eigenvalue weighted by Crippen LogP contribution is 2.55. The molecule has 0 radical (unpaired) electrons. The standard InChI is InChI=1S/C44H47Cl2FN6O5/c1-52(44-15-12-43(13-16-44,14-17-44)42(55)56)24-27-18-34(45)36(51-41(27)58-3)25-53-37-9-5-7-30(32(37)23-49-53)31-8-4-6-29(40(31)46)26-19-35(47)33(38(20-26)57-2)22-48-21-28-10-11-39(54)50-28/h4-9,18-20,23,28,48H,10-17,21-22,24-25H2,1-3H3,(H,50,54)(H,55,56)/t28-,43?,44?/m0/s1. The molecule has 1 atom stereocenters. The first-order valence-electron chi connectivity index (χ1n) is 19.7. The number of rotatable bonds is 14. The first-order valence-corrected chi connectivity index (χ1v) is 20.5. The molecule has 11 nitrogen and oxygen atoms in total. The number of carboxylic acids is 1. The van der Waals surface area contributed by atoms with Crippen molar-refractivity contribution in [3.05, 3.63) is 93.5 Å². The van der Waals surface area contributed by atoms with E-state index < -0.39 is 17.2 Å². The number of pyridine rings is 1. The molecule has 4 fully saturated rings. The number of ether oxygens (including phenoxy) is 2. The second-order valence-corrected chi connectivity index (χ2v) is 16.8. The van der Waals surface area contributed by atoms with Crippen molar-refractivity contribution >= 4 is 46.0 Å². The van der Waals surface area contributed by atoms with Gasteiger partial charge in [0.1, 0.15) is 11.6 Å². The van der Waals surface area contributed by atoms with Gasteiger partial charge in [-0.2, -0.15) is 5.10 Å². The number of carbonyl (C=O) groups is 2. The zero-order valence-electron chi connectivity index (χ0n) is 32.8. The molecule has 1 amide bonds. The number of carbonyl (C=O) groups excluding carboxylic acids is 1. The number of amides is 1. The van der Waals surface area contributed by atoms with Crippen LogP contribution < -0.4 is 20.1 Å². The number of aliphatic carboxylic acids is 1. The summed E-state index contributed by atoms with van der Waals surface area (Å²) in [6.07, 6.45) is 7.72. The summed E-state index contributed by atoms with van der Waals surface area (Å²) in [6, 6.07) is 16.8. The molecule has 58 heavy (non-hydrogen) atoms. The Labute approximate surface area is 346 Å². The number of nitrogens with one attached hydrogen (secondary N) is 2. The Kier molecular flexibility index (Phi) is 11.1. The summed E-state index contributed by atoms with van der Waals surface area (Å²) >= 11 is 14.1. The summed E-state index contributed by atoms with van der Waals surface area (Å²) in [4.78, 5) is 30.8. The maximum Gasteiger partial charge on any atom is 0.309 e. The number of nitrogens with zero attached hydrogens (tertiary/aromatic N) is 4. The van der Waals surface area contributed by atoms with Crippen LogP contribution in [0.5, 0.6) is 11.6 Å². The molecule has 3 saturated carbocycles. The number of methoxy groups -OCH3 is 2. The number of halogens is 3. The third-order valence-corrected chi connectivity index (χ3v) is 13.6. The van der Waals surface area contributed by atoms with E-state index in [1.807, 2.05) is 47.1 Å². The second kappa shape index (κ2) is 16.1. The van der Waals surface area contributed by atoms with E-state index in [4.69, 9.17) is 42.8 Å². The van der Waals surface area contributed by atoms with Gasteiger partial charge in [0.25, 0.3) is 0 Å². The zero-order chi connectivity index (χ0) is 40.8. The van der Waals surface area contributed by atoms with Crippen molar-refractivity contribution in [1.29, 1.82) is 0 Å². The predicted octanol–water partition coefficient (Wildman–Crippen LogP) is 8.25. The SMILES string of the molecule is COc1cc(-c2cccc(-c3cccc4c3cnn4Cc3nc(OC)c(CN(C)C45CCC(C(=O)O)(CC4)CC5)cc3Cl)c2Cl)cc(F)c1CNC[C@@H]1CCC(=O)N1. The van der Waals surface area contributed by atoms with Gasteiger partial charge in [0.2, 0.25) is 11.8 Å². The fourth-order valence-corrected chi connectivity index (χ4v) is 9.89. The van der Waals surface area contributed by atoms with Crippen LogP contribution in [0.1, 0.15) is 68.2 Å². The lowest BCUT2D eigenvalue weighted by Crippen LogP contribution is -2.56. The van der Waals surface area contributed by atoms with Crippen LogP contribution in [0.2, 0.25) is 10.0 Å². The molecule has 0 spiro atoms. The molecular formula is C44H47Cl2FN6O5. The van der Waals surface area contributed by atoms with E-state index >= 15 is 4.39 Å². The lowest BCUT2D eigenvalue weighted by atomic mass is 9.57. The normalized spacial score (nSPS) is 21.5. The Morgan fingerprint density at radius 3 is 2.45 bits per heavy atom. The van der Waals surface area contributed by atoms with Crippen molar-refractivity contribution in [2.45, 2.75) is 82.6 Å². The van der Waals surface area contributed by atoms with E-state index in [1.165, 1.54) is 13.2 Å². The second-order valence-electron chi connectivity index (χ2n) is 16.0. The average Bonchev–Trinajstić information content (AvgIpc) is 3.85. The van der Waals surface area contributed by atoms with Gasteiger partial charge in [-0.1, -0.05) is 53.5 Å². The Hall–Kier alpha value is -4.75. The van der Waals surface area contributed by atoms with E-state index in [2.05, 4.69) is 22.6 Å². The topological polar surface area (TPSA) is 131 Å². The van der Waals surface area contributed by atoms with Crippen LogP contribution >= 0.6 is 23.2 Å².